The van der Waals surface area contributed by atoms with Gasteiger partial charge in [0.15, 0.2) is 0 Å². The van der Waals surface area contributed by atoms with Crippen molar-refractivity contribution in [2.24, 2.45) is 5.92 Å². The second-order valence-corrected chi connectivity index (χ2v) is 7.56. The van der Waals surface area contributed by atoms with Crippen LogP contribution >= 0.6 is 0 Å². The SMILES string of the molecule is C=CC1=C(C=C)N(CC)CCCC1.CCN1CC2CC2c2ccccc21. The van der Waals surface area contributed by atoms with Crippen LogP contribution in [0.3, 0.4) is 0 Å². The maximum Gasteiger partial charge on any atom is 0.0401 e. The molecule has 0 saturated heterocycles. The standard InChI is InChI=1S/C12H15N.C12H19N/c1-2-13-8-9-7-11(9)10-5-3-4-6-12(10)13;1-4-11-9-7-8-10-13(6-3)12(11)5-2/h3-6,9,11H,2,7-8H2,1H3;4-5H,1-2,6-10H2,3H3. The van der Waals surface area contributed by atoms with Crippen molar-refractivity contribution >= 4 is 5.69 Å². The smallest absolute Gasteiger partial charge is 0.0401 e. The summed E-state index contributed by atoms with van der Waals surface area (Å²) >= 11 is 0. The molecule has 0 aromatic heterocycles. The van der Waals surface area contributed by atoms with Gasteiger partial charge in [0.05, 0.1) is 0 Å². The molecule has 0 radical (unpaired) electrons. The fraction of sp³-hybridized carbons (Fsp3) is 0.500. The van der Waals surface area contributed by atoms with Crippen molar-refractivity contribution in [1.29, 1.82) is 0 Å². The first-order chi connectivity index (χ1) is 12.7. The number of benzene rings is 1. The van der Waals surface area contributed by atoms with Crippen molar-refractivity contribution < 1.29 is 0 Å². The maximum atomic E-state index is 3.88. The van der Waals surface area contributed by atoms with Crippen molar-refractivity contribution in [3.05, 3.63) is 66.4 Å². The van der Waals surface area contributed by atoms with Gasteiger partial charge in [0.2, 0.25) is 0 Å². The predicted octanol–water partition coefficient (Wildman–Crippen LogP) is 5.75. The van der Waals surface area contributed by atoms with Crippen LogP contribution in [0.5, 0.6) is 0 Å². The molecule has 2 unspecified atom stereocenters. The van der Waals surface area contributed by atoms with E-state index in [-0.39, 0.29) is 0 Å². The number of para-hydroxylation sites is 1. The summed E-state index contributed by atoms with van der Waals surface area (Å²) in [6, 6.07) is 8.91. The third-order valence-corrected chi connectivity index (χ3v) is 6.05. The fourth-order valence-corrected chi connectivity index (χ4v) is 4.47. The first-order valence-corrected chi connectivity index (χ1v) is 10.3. The molecule has 26 heavy (non-hydrogen) atoms. The highest BCUT2D eigenvalue weighted by atomic mass is 15.1. The number of allylic oxidation sites excluding steroid dienone is 3. The van der Waals surface area contributed by atoms with Gasteiger partial charge < -0.3 is 9.80 Å². The summed E-state index contributed by atoms with van der Waals surface area (Å²) in [6.07, 6.45) is 9.07. The molecule has 0 spiro atoms. The van der Waals surface area contributed by atoms with E-state index < -0.39 is 0 Å². The predicted molar refractivity (Wildman–Crippen MR) is 114 cm³/mol. The minimum Gasteiger partial charge on any atom is -0.372 e. The fourth-order valence-electron chi connectivity index (χ4n) is 4.47. The van der Waals surface area contributed by atoms with E-state index in [9.17, 15) is 0 Å². The highest BCUT2D eigenvalue weighted by Crippen LogP contribution is 2.54. The molecule has 1 aromatic rings. The van der Waals surface area contributed by atoms with Crippen molar-refractivity contribution in [1.82, 2.24) is 4.90 Å². The monoisotopic (exact) mass is 350 g/mol. The van der Waals surface area contributed by atoms with Gasteiger partial charge >= 0.3 is 0 Å². The van der Waals surface area contributed by atoms with E-state index in [4.69, 9.17) is 0 Å². The average Bonchev–Trinajstić information content (AvgIpc) is 3.49. The highest BCUT2D eigenvalue weighted by Gasteiger charge is 2.44. The van der Waals surface area contributed by atoms with Crippen molar-refractivity contribution in [2.75, 3.05) is 31.1 Å². The quantitative estimate of drug-likeness (QED) is 0.682. The Kier molecular flexibility index (Phi) is 6.24. The van der Waals surface area contributed by atoms with Gasteiger partial charge in [-0.05, 0) is 74.6 Å². The van der Waals surface area contributed by atoms with Crippen molar-refractivity contribution in [2.45, 2.75) is 45.4 Å². The number of rotatable bonds is 4. The van der Waals surface area contributed by atoms with Gasteiger partial charge in [0.25, 0.3) is 0 Å². The molecule has 1 fully saturated rings. The molecule has 4 rings (SSSR count). The zero-order valence-corrected chi connectivity index (χ0v) is 16.6. The van der Waals surface area contributed by atoms with Crippen LogP contribution in [0.1, 0.15) is 51.0 Å². The Bertz CT molecular complexity index is 673. The Balaban J connectivity index is 0.000000151. The number of hydrogen-bond donors (Lipinski definition) is 0. The zero-order chi connectivity index (χ0) is 18.5. The van der Waals surface area contributed by atoms with E-state index in [2.05, 4.69) is 61.1 Å². The van der Waals surface area contributed by atoms with Gasteiger partial charge in [0.1, 0.15) is 0 Å². The van der Waals surface area contributed by atoms with Crippen LogP contribution in [0, 0.1) is 5.92 Å². The Labute approximate surface area is 159 Å². The van der Waals surface area contributed by atoms with Crippen LogP contribution in [0.15, 0.2) is 60.8 Å². The summed E-state index contributed by atoms with van der Waals surface area (Å²) in [5, 5.41) is 0. The first kappa shape index (κ1) is 18.8. The number of hydrogen-bond acceptors (Lipinski definition) is 2. The molecule has 0 N–H and O–H groups in total. The third kappa shape index (κ3) is 3.90. The minimum atomic E-state index is 0.902. The molecule has 3 aliphatic rings. The lowest BCUT2D eigenvalue weighted by molar-refractivity contribution is 0.372. The van der Waals surface area contributed by atoms with Crippen LogP contribution in [-0.2, 0) is 0 Å². The molecule has 1 aromatic carbocycles. The Morgan fingerprint density at radius 3 is 2.50 bits per heavy atom. The third-order valence-electron chi connectivity index (χ3n) is 6.05. The van der Waals surface area contributed by atoms with Crippen LogP contribution in [0.2, 0.25) is 0 Å². The molecule has 2 nitrogen and oxygen atoms in total. The highest BCUT2D eigenvalue weighted by molar-refractivity contribution is 5.59. The van der Waals surface area contributed by atoms with E-state index in [0.29, 0.717) is 0 Å². The molecule has 2 heterocycles. The number of fused-ring (bicyclic) bond motifs is 3. The number of anilines is 1. The molecule has 0 bridgehead atoms. The van der Waals surface area contributed by atoms with Crippen molar-refractivity contribution in [3.63, 3.8) is 0 Å². The van der Waals surface area contributed by atoms with E-state index in [1.165, 1.54) is 42.8 Å². The minimum absolute atomic E-state index is 0.902. The first-order valence-electron chi connectivity index (χ1n) is 10.3. The lowest BCUT2D eigenvalue weighted by Gasteiger charge is -2.29. The van der Waals surface area contributed by atoms with Crippen LogP contribution < -0.4 is 4.90 Å². The van der Waals surface area contributed by atoms with Crippen molar-refractivity contribution in [3.8, 4) is 0 Å². The summed E-state index contributed by atoms with van der Waals surface area (Å²) in [5.74, 6) is 1.87. The second-order valence-electron chi connectivity index (χ2n) is 7.56. The lowest BCUT2D eigenvalue weighted by Crippen LogP contribution is -2.29. The topological polar surface area (TPSA) is 6.48 Å². The van der Waals surface area contributed by atoms with Gasteiger partial charge in [-0.2, -0.15) is 0 Å². The lowest BCUT2D eigenvalue weighted by atomic mass is 10.0. The summed E-state index contributed by atoms with van der Waals surface area (Å²) < 4.78 is 0. The van der Waals surface area contributed by atoms with Gasteiger partial charge in [-0.15, -0.1) is 0 Å². The van der Waals surface area contributed by atoms with E-state index >= 15 is 0 Å². The number of likely N-dealkylation sites (N-methyl/N-ethyl adjacent to an activating group) is 1. The van der Waals surface area contributed by atoms with Gasteiger partial charge in [0, 0.05) is 37.6 Å². The Morgan fingerprint density at radius 1 is 1.04 bits per heavy atom. The normalized spacial score (nSPS) is 23.9. The molecule has 2 heteroatoms. The van der Waals surface area contributed by atoms with E-state index in [1.807, 2.05) is 12.2 Å². The average molecular weight is 351 g/mol. The summed E-state index contributed by atoms with van der Waals surface area (Å²) in [4.78, 5) is 4.90. The van der Waals surface area contributed by atoms with Crippen LogP contribution in [-0.4, -0.2) is 31.1 Å². The van der Waals surface area contributed by atoms with Crippen LogP contribution in [0.25, 0.3) is 0 Å². The largest absolute Gasteiger partial charge is 0.372 e. The Hall–Kier alpha value is -1.96. The van der Waals surface area contributed by atoms with Crippen LogP contribution in [0.4, 0.5) is 5.69 Å². The molecule has 1 aliphatic carbocycles. The molecular weight excluding hydrogens is 316 g/mol. The molecule has 140 valence electrons. The molecule has 0 amide bonds. The zero-order valence-electron chi connectivity index (χ0n) is 16.6. The molecule has 1 saturated carbocycles. The van der Waals surface area contributed by atoms with Gasteiger partial charge in [-0.3, -0.25) is 0 Å². The number of nitrogens with zero attached hydrogens (tertiary/aromatic N) is 2. The second kappa shape index (κ2) is 8.62. The molecule has 2 aliphatic heterocycles. The summed E-state index contributed by atoms with van der Waals surface area (Å²) in [7, 11) is 0. The van der Waals surface area contributed by atoms with E-state index in [1.54, 1.807) is 5.56 Å². The Morgan fingerprint density at radius 2 is 1.81 bits per heavy atom. The molecule has 2 atom stereocenters. The van der Waals surface area contributed by atoms with E-state index in [0.717, 1.165) is 37.9 Å². The summed E-state index contributed by atoms with van der Waals surface area (Å²) in [6.45, 7) is 16.8. The van der Waals surface area contributed by atoms with Gasteiger partial charge in [-0.25, -0.2) is 0 Å². The summed E-state index contributed by atoms with van der Waals surface area (Å²) in [5.41, 5.74) is 5.73. The maximum absolute atomic E-state index is 3.88. The molecular formula is C24H34N2. The van der Waals surface area contributed by atoms with Gasteiger partial charge in [-0.1, -0.05) is 37.4 Å².